The third-order valence-electron chi connectivity index (χ3n) is 6.75. The molecule has 3 unspecified atom stereocenters. The maximum Gasteiger partial charge on any atom is 0.225 e. The van der Waals surface area contributed by atoms with Crippen LogP contribution in [0.25, 0.3) is 10.1 Å². The number of benzene rings is 1. The van der Waals surface area contributed by atoms with Crippen LogP contribution >= 0.6 is 11.3 Å². The minimum absolute atomic E-state index is 0.143. The lowest BCUT2D eigenvalue weighted by Crippen LogP contribution is -2.62. The van der Waals surface area contributed by atoms with Gasteiger partial charge in [0.2, 0.25) is 5.91 Å². The van der Waals surface area contributed by atoms with Crippen LogP contribution in [0.1, 0.15) is 32.1 Å². The summed E-state index contributed by atoms with van der Waals surface area (Å²) in [6.45, 7) is 5.38. The molecule has 3 aliphatic rings. The smallest absolute Gasteiger partial charge is 0.225 e. The van der Waals surface area contributed by atoms with Crippen LogP contribution < -0.4 is 15.5 Å². The van der Waals surface area contributed by atoms with Gasteiger partial charge in [0.15, 0.2) is 0 Å². The molecule has 2 N–H and O–H groups in total. The lowest BCUT2D eigenvalue weighted by Gasteiger charge is -2.41. The van der Waals surface area contributed by atoms with Crippen molar-refractivity contribution in [3.8, 4) is 0 Å². The van der Waals surface area contributed by atoms with E-state index in [0.717, 1.165) is 52.0 Å². The summed E-state index contributed by atoms with van der Waals surface area (Å²) >= 11 is 1.82. The second-order valence-electron chi connectivity index (χ2n) is 8.45. The van der Waals surface area contributed by atoms with E-state index in [2.05, 4.69) is 50.1 Å². The minimum Gasteiger partial charge on any atom is -0.368 e. The predicted octanol–water partition coefficient (Wildman–Crippen LogP) is 3.02. The fraction of sp³-hybridized carbons (Fsp3) is 0.591. The Kier molecular flexibility index (Phi) is 5.26. The number of carbonyl (C=O) groups is 1. The molecule has 0 spiro atoms. The number of hydrogen-bond acceptors (Lipinski definition) is 5. The van der Waals surface area contributed by atoms with E-state index in [-0.39, 0.29) is 18.0 Å². The van der Waals surface area contributed by atoms with Gasteiger partial charge in [-0.05, 0) is 42.8 Å². The summed E-state index contributed by atoms with van der Waals surface area (Å²) in [6.07, 6.45) is 5.80. The van der Waals surface area contributed by atoms with Crippen molar-refractivity contribution in [3.63, 3.8) is 0 Å². The molecule has 1 aliphatic carbocycles. The molecular formula is C22H30N4OS. The lowest BCUT2D eigenvalue weighted by atomic mass is 9.82. The van der Waals surface area contributed by atoms with Gasteiger partial charge in [-0.15, -0.1) is 11.3 Å². The third-order valence-corrected chi connectivity index (χ3v) is 7.64. The molecule has 1 saturated carbocycles. The zero-order valence-electron chi connectivity index (χ0n) is 16.4. The van der Waals surface area contributed by atoms with Crippen LogP contribution in [0.5, 0.6) is 0 Å². The topological polar surface area (TPSA) is 47.6 Å². The summed E-state index contributed by atoms with van der Waals surface area (Å²) in [5.41, 5.74) is 1.38. The highest BCUT2D eigenvalue weighted by atomic mass is 32.1. The zero-order valence-corrected chi connectivity index (χ0v) is 17.2. The molecule has 0 radical (unpaired) electrons. The molecule has 3 heterocycles. The molecule has 150 valence electrons. The molecule has 3 fully saturated rings. The van der Waals surface area contributed by atoms with Crippen molar-refractivity contribution in [2.24, 2.45) is 5.92 Å². The number of nitrogens with one attached hydrogen (secondary N) is 2. The van der Waals surface area contributed by atoms with Gasteiger partial charge < -0.3 is 10.2 Å². The number of amides is 1. The first kappa shape index (κ1) is 18.4. The van der Waals surface area contributed by atoms with Crippen LogP contribution in [0.2, 0.25) is 0 Å². The van der Waals surface area contributed by atoms with Crippen molar-refractivity contribution in [2.75, 3.05) is 37.6 Å². The number of hydrogen-bond donors (Lipinski definition) is 2. The monoisotopic (exact) mass is 398 g/mol. The molecule has 28 heavy (non-hydrogen) atoms. The number of carbonyl (C=O) groups excluding carboxylic acids is 1. The Morgan fingerprint density at radius 1 is 1.07 bits per heavy atom. The van der Waals surface area contributed by atoms with Crippen LogP contribution in [-0.4, -0.2) is 55.7 Å². The summed E-state index contributed by atoms with van der Waals surface area (Å²) < 4.78 is 1.38. The number of fused-ring (bicyclic) bond motifs is 2. The second kappa shape index (κ2) is 8.01. The summed E-state index contributed by atoms with van der Waals surface area (Å²) in [4.78, 5) is 17.5. The van der Waals surface area contributed by atoms with E-state index >= 15 is 0 Å². The molecule has 1 aromatic heterocycles. The maximum atomic E-state index is 12.4. The van der Waals surface area contributed by atoms with Gasteiger partial charge in [-0.25, -0.2) is 0 Å². The summed E-state index contributed by atoms with van der Waals surface area (Å²) in [6, 6.07) is 9.29. The van der Waals surface area contributed by atoms with E-state index in [4.69, 9.17) is 0 Å². The molecule has 2 aliphatic heterocycles. The van der Waals surface area contributed by atoms with Crippen LogP contribution in [0.4, 0.5) is 5.69 Å². The first-order chi connectivity index (χ1) is 13.8. The van der Waals surface area contributed by atoms with Gasteiger partial charge in [0, 0.05) is 54.5 Å². The number of piperazine rings is 1. The Morgan fingerprint density at radius 3 is 2.82 bits per heavy atom. The number of nitrogens with zero attached hydrogens (tertiary/aromatic N) is 2. The van der Waals surface area contributed by atoms with E-state index in [0.29, 0.717) is 6.04 Å². The van der Waals surface area contributed by atoms with Crippen molar-refractivity contribution in [3.05, 3.63) is 29.6 Å². The molecule has 3 atom stereocenters. The summed E-state index contributed by atoms with van der Waals surface area (Å²) in [5.74, 6) is 0.482. The van der Waals surface area contributed by atoms with Crippen molar-refractivity contribution in [1.82, 2.24) is 15.5 Å². The Hall–Kier alpha value is -1.63. The van der Waals surface area contributed by atoms with Gasteiger partial charge >= 0.3 is 0 Å². The fourth-order valence-corrected chi connectivity index (χ4v) is 5.96. The predicted molar refractivity (Wildman–Crippen MR) is 116 cm³/mol. The quantitative estimate of drug-likeness (QED) is 0.831. The first-order valence-corrected chi connectivity index (χ1v) is 11.7. The van der Waals surface area contributed by atoms with Crippen molar-refractivity contribution in [1.29, 1.82) is 0 Å². The Bertz CT molecular complexity index is 829. The van der Waals surface area contributed by atoms with E-state index in [9.17, 15) is 4.79 Å². The fourth-order valence-electron chi connectivity index (χ4n) is 5.16. The molecule has 5 nitrogen and oxygen atoms in total. The summed E-state index contributed by atoms with van der Waals surface area (Å²) in [7, 11) is 0. The average molecular weight is 399 g/mol. The van der Waals surface area contributed by atoms with Gasteiger partial charge in [0.25, 0.3) is 0 Å². The highest BCUT2D eigenvalue weighted by Crippen LogP contribution is 2.31. The van der Waals surface area contributed by atoms with Crippen molar-refractivity contribution >= 4 is 33.0 Å². The van der Waals surface area contributed by atoms with E-state index < -0.39 is 0 Å². The molecule has 2 saturated heterocycles. The number of anilines is 1. The van der Waals surface area contributed by atoms with Gasteiger partial charge in [-0.3, -0.25) is 15.0 Å². The largest absolute Gasteiger partial charge is 0.368 e. The number of rotatable bonds is 4. The van der Waals surface area contributed by atoms with Crippen LogP contribution in [-0.2, 0) is 4.79 Å². The Labute approximate surface area is 171 Å². The zero-order chi connectivity index (χ0) is 18.9. The van der Waals surface area contributed by atoms with Gasteiger partial charge in [-0.1, -0.05) is 18.9 Å². The minimum atomic E-state index is 0.143. The normalized spacial score (nSPS) is 28.9. The molecule has 1 aromatic carbocycles. The molecule has 5 rings (SSSR count). The third kappa shape index (κ3) is 3.65. The lowest BCUT2D eigenvalue weighted by molar-refractivity contribution is -0.130. The molecule has 6 heteroatoms. The van der Waals surface area contributed by atoms with Crippen molar-refractivity contribution in [2.45, 2.75) is 44.3 Å². The Morgan fingerprint density at radius 2 is 1.93 bits per heavy atom. The average Bonchev–Trinajstić information content (AvgIpc) is 3.22. The van der Waals surface area contributed by atoms with Crippen LogP contribution in [0.3, 0.4) is 0 Å². The van der Waals surface area contributed by atoms with Gasteiger partial charge in [0.1, 0.15) is 0 Å². The highest BCUT2D eigenvalue weighted by Gasteiger charge is 2.37. The van der Waals surface area contributed by atoms with Gasteiger partial charge in [-0.2, -0.15) is 0 Å². The van der Waals surface area contributed by atoms with Crippen molar-refractivity contribution < 1.29 is 4.79 Å². The highest BCUT2D eigenvalue weighted by molar-refractivity contribution is 7.17. The first-order valence-electron chi connectivity index (χ1n) is 10.8. The van der Waals surface area contributed by atoms with Crippen LogP contribution in [0, 0.1) is 5.92 Å². The standard InChI is InChI=1S/C22H30N4OS/c27-22-16-4-1-2-5-18(16)23-21(24-22)8-10-25-11-13-26(14-12-25)19-6-3-7-20-17(19)9-15-28-20/h3,6-7,9,15-16,18,21,23H,1-2,4-5,8,10-14H2,(H,24,27). The maximum absolute atomic E-state index is 12.4. The van der Waals surface area contributed by atoms with E-state index in [1.54, 1.807) is 0 Å². The van der Waals surface area contributed by atoms with E-state index in [1.165, 1.54) is 28.6 Å². The molecule has 1 amide bonds. The Balaban J connectivity index is 1.13. The van der Waals surface area contributed by atoms with Gasteiger partial charge in [0.05, 0.1) is 12.1 Å². The van der Waals surface area contributed by atoms with E-state index in [1.807, 2.05) is 11.3 Å². The molecule has 0 bridgehead atoms. The summed E-state index contributed by atoms with van der Waals surface area (Å²) in [5, 5.41) is 10.5. The SMILES string of the molecule is O=C1NC(CCN2CCN(c3cccc4sccc34)CC2)NC2CCCCC12. The second-order valence-corrected chi connectivity index (χ2v) is 9.40. The molecule has 2 aromatic rings. The van der Waals surface area contributed by atoms with Crippen LogP contribution in [0.15, 0.2) is 29.6 Å². The number of thiophene rings is 1. The molecular weight excluding hydrogens is 368 g/mol.